The number of ether oxygens (including phenoxy) is 1. The molecule has 1 saturated heterocycles. The molecule has 0 bridgehead atoms. The number of imide groups is 2. The molecular weight excluding hydrogens is 394 g/mol. The van der Waals surface area contributed by atoms with Gasteiger partial charge in [0.15, 0.2) is 5.92 Å². The van der Waals surface area contributed by atoms with Crippen molar-refractivity contribution in [2.24, 2.45) is 5.92 Å². The number of nitrogens with one attached hydrogen (secondary N) is 2. The van der Waals surface area contributed by atoms with E-state index in [2.05, 4.69) is 10.6 Å². The molecule has 8 heteroatoms. The first-order valence-corrected chi connectivity index (χ1v) is 9.42. The Labute approximate surface area is 173 Å². The van der Waals surface area contributed by atoms with Crippen molar-refractivity contribution < 1.29 is 19.1 Å². The number of hydrogen-bond donors (Lipinski definition) is 2. The monoisotopic (exact) mass is 413 g/mol. The van der Waals surface area contributed by atoms with Gasteiger partial charge in [-0.05, 0) is 62.4 Å². The minimum Gasteiger partial charge on any atom is -0.494 e. The third kappa shape index (κ3) is 4.41. The van der Waals surface area contributed by atoms with Gasteiger partial charge in [-0.25, -0.2) is 9.69 Å². The molecular formula is C21H20ClN3O4. The molecule has 1 aliphatic rings. The maximum atomic E-state index is 13.1. The van der Waals surface area contributed by atoms with E-state index in [-0.39, 0.29) is 0 Å². The van der Waals surface area contributed by atoms with Gasteiger partial charge in [0.05, 0.1) is 12.3 Å². The van der Waals surface area contributed by atoms with Crippen molar-refractivity contribution in [1.29, 1.82) is 0 Å². The molecule has 2 aromatic rings. The molecule has 3 rings (SSSR count). The number of allylic oxidation sites excluding steroid dienone is 1. The molecule has 150 valence electrons. The summed E-state index contributed by atoms with van der Waals surface area (Å²) in [5, 5.41) is 5.80. The van der Waals surface area contributed by atoms with Crippen LogP contribution in [-0.4, -0.2) is 24.5 Å². The first-order valence-electron chi connectivity index (χ1n) is 9.05. The standard InChI is InChI=1S/C21H20ClN3O4/c1-3-17(23-14-7-11-16(12-8-14)29-4-2)18-19(26)24-21(28)25(20(18)27)15-9-5-13(22)6-10-15/h3,5-12,18,23H,4H2,1-2H3,(H,24,26,28)/b17-3-/t18-/m0/s1. The van der Waals surface area contributed by atoms with Gasteiger partial charge in [-0.1, -0.05) is 17.7 Å². The van der Waals surface area contributed by atoms with Gasteiger partial charge in [0.25, 0.3) is 5.91 Å². The van der Waals surface area contributed by atoms with Gasteiger partial charge < -0.3 is 10.1 Å². The van der Waals surface area contributed by atoms with Gasteiger partial charge >= 0.3 is 6.03 Å². The highest BCUT2D eigenvalue weighted by atomic mass is 35.5. The summed E-state index contributed by atoms with van der Waals surface area (Å²) in [5.74, 6) is -1.81. The second kappa shape index (κ2) is 8.79. The lowest BCUT2D eigenvalue weighted by molar-refractivity contribution is -0.132. The highest BCUT2D eigenvalue weighted by Gasteiger charge is 2.43. The highest BCUT2D eigenvalue weighted by molar-refractivity contribution is 6.31. The predicted molar refractivity (Wildman–Crippen MR) is 111 cm³/mol. The van der Waals surface area contributed by atoms with Crippen LogP contribution in [0.25, 0.3) is 0 Å². The normalized spacial score (nSPS) is 17.2. The molecule has 4 amide bonds. The second-order valence-electron chi connectivity index (χ2n) is 6.20. The molecule has 7 nitrogen and oxygen atoms in total. The maximum Gasteiger partial charge on any atom is 0.335 e. The van der Waals surface area contributed by atoms with Crippen LogP contribution in [0.2, 0.25) is 5.02 Å². The smallest absolute Gasteiger partial charge is 0.335 e. The quantitative estimate of drug-likeness (QED) is 0.700. The third-order valence-corrected chi connectivity index (χ3v) is 4.58. The van der Waals surface area contributed by atoms with E-state index in [4.69, 9.17) is 16.3 Å². The molecule has 1 heterocycles. The van der Waals surface area contributed by atoms with Crippen LogP contribution in [0.5, 0.6) is 5.75 Å². The fraction of sp³-hybridized carbons (Fsp3) is 0.190. The Bertz CT molecular complexity index is 955. The molecule has 0 saturated carbocycles. The minimum atomic E-state index is -1.19. The Morgan fingerprint density at radius 2 is 1.79 bits per heavy atom. The molecule has 0 aromatic heterocycles. The van der Waals surface area contributed by atoms with Crippen LogP contribution >= 0.6 is 11.6 Å². The zero-order chi connectivity index (χ0) is 21.0. The van der Waals surface area contributed by atoms with E-state index in [0.29, 0.717) is 34.5 Å². The molecule has 29 heavy (non-hydrogen) atoms. The van der Waals surface area contributed by atoms with Gasteiger partial charge in [0, 0.05) is 16.4 Å². The number of benzene rings is 2. The first-order chi connectivity index (χ1) is 13.9. The Kier molecular flexibility index (Phi) is 6.19. The minimum absolute atomic E-state index is 0.325. The SMILES string of the molecule is C/C=C(\Nc1ccc(OCC)cc1)[C@H]1C(=O)NC(=O)N(c2ccc(Cl)cc2)C1=O. The number of nitrogens with zero attached hydrogens (tertiary/aromatic N) is 1. The van der Waals surface area contributed by atoms with Crippen molar-refractivity contribution in [2.75, 3.05) is 16.8 Å². The van der Waals surface area contributed by atoms with Gasteiger partial charge in [0.1, 0.15) is 5.75 Å². The summed E-state index contributed by atoms with van der Waals surface area (Å²) in [4.78, 5) is 38.8. The van der Waals surface area contributed by atoms with Crippen LogP contribution in [0.4, 0.5) is 16.2 Å². The van der Waals surface area contributed by atoms with Crippen molar-refractivity contribution in [3.8, 4) is 5.75 Å². The van der Waals surface area contributed by atoms with Crippen LogP contribution in [0.1, 0.15) is 13.8 Å². The summed E-state index contributed by atoms with van der Waals surface area (Å²) in [7, 11) is 0. The fourth-order valence-electron chi connectivity index (χ4n) is 2.96. The highest BCUT2D eigenvalue weighted by Crippen LogP contribution is 2.27. The van der Waals surface area contributed by atoms with Gasteiger partial charge in [0.2, 0.25) is 5.91 Å². The van der Waals surface area contributed by atoms with E-state index in [1.807, 2.05) is 6.92 Å². The molecule has 0 radical (unpaired) electrons. The lowest BCUT2D eigenvalue weighted by Gasteiger charge is -2.31. The zero-order valence-corrected chi connectivity index (χ0v) is 16.7. The Morgan fingerprint density at radius 1 is 1.14 bits per heavy atom. The van der Waals surface area contributed by atoms with E-state index in [9.17, 15) is 14.4 Å². The average Bonchev–Trinajstić information content (AvgIpc) is 2.70. The maximum absolute atomic E-state index is 13.1. The number of barbiturate groups is 1. The topological polar surface area (TPSA) is 87.7 Å². The number of carbonyl (C=O) groups is 3. The van der Waals surface area contributed by atoms with E-state index in [0.717, 1.165) is 4.90 Å². The Morgan fingerprint density at radius 3 is 2.38 bits per heavy atom. The van der Waals surface area contributed by atoms with Crippen LogP contribution in [0.3, 0.4) is 0 Å². The van der Waals surface area contributed by atoms with Crippen molar-refractivity contribution in [3.05, 3.63) is 65.3 Å². The summed E-state index contributed by atoms with van der Waals surface area (Å²) in [6, 6.07) is 12.6. The third-order valence-electron chi connectivity index (χ3n) is 4.32. The van der Waals surface area contributed by atoms with E-state index >= 15 is 0 Å². The Hall–Kier alpha value is -3.32. The molecule has 2 N–H and O–H groups in total. The lowest BCUT2D eigenvalue weighted by atomic mass is 9.99. The van der Waals surface area contributed by atoms with Crippen LogP contribution < -0.4 is 20.3 Å². The van der Waals surface area contributed by atoms with Crippen LogP contribution in [-0.2, 0) is 9.59 Å². The van der Waals surface area contributed by atoms with Crippen molar-refractivity contribution in [2.45, 2.75) is 13.8 Å². The molecule has 1 aliphatic heterocycles. The average molecular weight is 414 g/mol. The zero-order valence-electron chi connectivity index (χ0n) is 15.9. The lowest BCUT2D eigenvalue weighted by Crippen LogP contribution is -2.59. The van der Waals surface area contributed by atoms with E-state index < -0.39 is 23.8 Å². The molecule has 1 atom stereocenters. The number of amides is 4. The fourth-order valence-corrected chi connectivity index (χ4v) is 3.09. The van der Waals surface area contributed by atoms with Crippen LogP contribution in [0.15, 0.2) is 60.3 Å². The van der Waals surface area contributed by atoms with Crippen molar-refractivity contribution in [1.82, 2.24) is 5.32 Å². The number of carbonyl (C=O) groups excluding carboxylic acids is 3. The van der Waals surface area contributed by atoms with Crippen molar-refractivity contribution >= 4 is 40.8 Å². The molecule has 1 fully saturated rings. The molecule has 0 aliphatic carbocycles. The van der Waals surface area contributed by atoms with Crippen LogP contribution in [0, 0.1) is 5.92 Å². The number of rotatable bonds is 6. The predicted octanol–water partition coefficient (Wildman–Crippen LogP) is 3.95. The summed E-state index contributed by atoms with van der Waals surface area (Å²) in [6.07, 6.45) is 1.63. The summed E-state index contributed by atoms with van der Waals surface area (Å²) in [5.41, 5.74) is 1.37. The number of urea groups is 1. The second-order valence-corrected chi connectivity index (χ2v) is 6.64. The first kappa shape index (κ1) is 20.4. The largest absolute Gasteiger partial charge is 0.494 e. The van der Waals surface area contributed by atoms with Gasteiger partial charge in [-0.3, -0.25) is 14.9 Å². The summed E-state index contributed by atoms with van der Waals surface area (Å²) >= 11 is 5.88. The summed E-state index contributed by atoms with van der Waals surface area (Å²) in [6.45, 7) is 4.16. The van der Waals surface area contributed by atoms with E-state index in [1.54, 1.807) is 61.5 Å². The summed E-state index contributed by atoms with van der Waals surface area (Å²) < 4.78 is 5.41. The Balaban J connectivity index is 1.86. The molecule has 0 spiro atoms. The van der Waals surface area contributed by atoms with Gasteiger partial charge in [-0.2, -0.15) is 0 Å². The number of halogens is 1. The van der Waals surface area contributed by atoms with Gasteiger partial charge in [-0.15, -0.1) is 0 Å². The molecule has 2 aromatic carbocycles. The van der Waals surface area contributed by atoms with E-state index in [1.165, 1.54) is 0 Å². The number of anilines is 2. The number of hydrogen-bond acceptors (Lipinski definition) is 5. The molecule has 0 unspecified atom stereocenters. The van der Waals surface area contributed by atoms with Crippen molar-refractivity contribution in [3.63, 3.8) is 0 Å².